The molecule has 1 unspecified atom stereocenters. The number of aliphatic hydroxyl groups is 1. The highest BCUT2D eigenvalue weighted by Gasteiger charge is 2.13. The van der Waals surface area contributed by atoms with Gasteiger partial charge in [-0.2, -0.15) is 5.10 Å². The van der Waals surface area contributed by atoms with Gasteiger partial charge < -0.3 is 19.9 Å². The molecule has 0 radical (unpaired) electrons. The first-order valence-electron chi connectivity index (χ1n) is 11.0. The Balaban J connectivity index is 1.47. The molecule has 1 aromatic carbocycles. The fourth-order valence-electron chi connectivity index (χ4n) is 3.52. The van der Waals surface area contributed by atoms with Crippen LogP contribution in [-0.2, 0) is 11.3 Å². The minimum atomic E-state index is -0.00428. The number of fused-ring (bicyclic) bond motifs is 1. The van der Waals surface area contributed by atoms with Crippen LogP contribution in [0.2, 0.25) is 0 Å². The van der Waals surface area contributed by atoms with Gasteiger partial charge in [-0.05, 0) is 30.5 Å². The summed E-state index contributed by atoms with van der Waals surface area (Å²) in [6.07, 6.45) is 6.35. The van der Waals surface area contributed by atoms with Gasteiger partial charge in [-0.3, -0.25) is 9.67 Å². The van der Waals surface area contributed by atoms with Gasteiger partial charge >= 0.3 is 0 Å². The first-order valence-corrected chi connectivity index (χ1v) is 11.8. The van der Waals surface area contributed by atoms with Crippen LogP contribution in [-0.4, -0.2) is 51.2 Å². The lowest BCUT2D eigenvalue weighted by molar-refractivity contribution is 0.183. The first-order chi connectivity index (χ1) is 16.0. The molecule has 3 heterocycles. The molecule has 8 nitrogen and oxygen atoms in total. The minimum Gasteiger partial charge on any atom is -0.457 e. The van der Waals surface area contributed by atoms with Gasteiger partial charge in [0.25, 0.3) is 0 Å². The normalized spacial score (nSPS) is 12.4. The van der Waals surface area contributed by atoms with Gasteiger partial charge in [0, 0.05) is 37.2 Å². The van der Waals surface area contributed by atoms with Crippen LogP contribution in [0.4, 0.5) is 5.13 Å². The van der Waals surface area contributed by atoms with Crippen LogP contribution in [0, 0.1) is 5.92 Å². The number of pyridine rings is 1. The van der Waals surface area contributed by atoms with E-state index in [9.17, 15) is 5.11 Å². The zero-order valence-electron chi connectivity index (χ0n) is 19.1. The second-order valence-electron chi connectivity index (χ2n) is 8.27. The summed E-state index contributed by atoms with van der Waals surface area (Å²) in [5.41, 5.74) is 2.61. The molecule has 4 aromatic rings. The van der Waals surface area contributed by atoms with Crippen molar-refractivity contribution in [1.29, 1.82) is 0 Å². The van der Waals surface area contributed by atoms with E-state index in [1.165, 1.54) is 0 Å². The Morgan fingerprint density at radius 2 is 2.03 bits per heavy atom. The third-order valence-corrected chi connectivity index (χ3v) is 6.03. The van der Waals surface area contributed by atoms with Crippen LogP contribution in [0.3, 0.4) is 0 Å². The van der Waals surface area contributed by atoms with Crippen molar-refractivity contribution in [2.45, 2.75) is 32.9 Å². The fraction of sp³-hybridized carbons (Fsp3) is 0.375. The van der Waals surface area contributed by atoms with E-state index in [0.29, 0.717) is 24.8 Å². The lowest BCUT2D eigenvalue weighted by atomic mass is 10.0. The van der Waals surface area contributed by atoms with E-state index in [1.807, 2.05) is 41.2 Å². The number of ether oxygens (including phenoxy) is 2. The van der Waals surface area contributed by atoms with E-state index in [2.05, 4.69) is 34.2 Å². The summed E-state index contributed by atoms with van der Waals surface area (Å²) in [5.74, 6) is 1.92. The summed E-state index contributed by atoms with van der Waals surface area (Å²) in [4.78, 5) is 9.10. The zero-order chi connectivity index (χ0) is 23.2. The molecule has 33 heavy (non-hydrogen) atoms. The molecule has 0 aliphatic carbocycles. The van der Waals surface area contributed by atoms with Crippen molar-refractivity contribution in [3.05, 3.63) is 48.9 Å². The summed E-state index contributed by atoms with van der Waals surface area (Å²) >= 11 is 1.56. The minimum absolute atomic E-state index is 0.00428. The average molecular weight is 468 g/mol. The average Bonchev–Trinajstić information content (AvgIpc) is 3.43. The number of benzene rings is 1. The van der Waals surface area contributed by atoms with Crippen LogP contribution in [0.1, 0.15) is 20.3 Å². The molecule has 0 amide bonds. The molecule has 0 fully saturated rings. The van der Waals surface area contributed by atoms with E-state index >= 15 is 0 Å². The Morgan fingerprint density at radius 1 is 1.18 bits per heavy atom. The predicted molar refractivity (Wildman–Crippen MR) is 131 cm³/mol. The molecule has 9 heteroatoms. The number of nitrogens with one attached hydrogen (secondary N) is 1. The van der Waals surface area contributed by atoms with Gasteiger partial charge in [-0.25, -0.2) is 4.98 Å². The SMILES string of the molecule is COCCn1cc(-c2cc(Oc3ccc4nc(NC(CO)CC(C)C)sc4c3)ccn2)cn1. The van der Waals surface area contributed by atoms with Gasteiger partial charge in [0.15, 0.2) is 5.13 Å². The number of rotatable bonds is 11. The number of nitrogens with zero attached hydrogens (tertiary/aromatic N) is 4. The predicted octanol–water partition coefficient (Wildman–Crippen LogP) is 4.81. The van der Waals surface area contributed by atoms with Gasteiger partial charge in [0.1, 0.15) is 11.5 Å². The monoisotopic (exact) mass is 467 g/mol. The van der Waals surface area contributed by atoms with Gasteiger partial charge in [0.2, 0.25) is 0 Å². The highest BCUT2D eigenvalue weighted by Crippen LogP contribution is 2.32. The maximum absolute atomic E-state index is 9.64. The Bertz CT molecular complexity index is 1190. The van der Waals surface area contributed by atoms with Crippen molar-refractivity contribution >= 4 is 26.7 Å². The Labute approximate surface area is 197 Å². The molecule has 174 valence electrons. The highest BCUT2D eigenvalue weighted by molar-refractivity contribution is 7.22. The fourth-order valence-corrected chi connectivity index (χ4v) is 4.50. The van der Waals surface area contributed by atoms with Crippen LogP contribution in [0.5, 0.6) is 11.5 Å². The van der Waals surface area contributed by atoms with E-state index in [1.54, 1.807) is 30.8 Å². The van der Waals surface area contributed by atoms with Gasteiger partial charge in [-0.15, -0.1) is 0 Å². The van der Waals surface area contributed by atoms with Crippen molar-refractivity contribution in [2.75, 3.05) is 25.6 Å². The Hall–Kier alpha value is -3.01. The Kier molecular flexibility index (Phi) is 7.54. The topological polar surface area (TPSA) is 94.3 Å². The largest absolute Gasteiger partial charge is 0.457 e. The highest BCUT2D eigenvalue weighted by atomic mass is 32.1. The summed E-state index contributed by atoms with van der Waals surface area (Å²) in [6.45, 7) is 5.66. The molecule has 0 saturated heterocycles. The molecule has 0 spiro atoms. The molecule has 4 rings (SSSR count). The molecular formula is C24H29N5O3S. The summed E-state index contributed by atoms with van der Waals surface area (Å²) in [7, 11) is 1.67. The van der Waals surface area contributed by atoms with Crippen LogP contribution in [0.25, 0.3) is 21.5 Å². The number of hydrogen-bond donors (Lipinski definition) is 2. The van der Waals surface area contributed by atoms with Crippen LogP contribution >= 0.6 is 11.3 Å². The number of methoxy groups -OCH3 is 1. The second kappa shape index (κ2) is 10.7. The summed E-state index contributed by atoms with van der Waals surface area (Å²) in [6, 6.07) is 9.57. The van der Waals surface area contributed by atoms with E-state index < -0.39 is 0 Å². The second-order valence-corrected chi connectivity index (χ2v) is 9.30. The lowest BCUT2D eigenvalue weighted by Crippen LogP contribution is -2.25. The lowest BCUT2D eigenvalue weighted by Gasteiger charge is -2.17. The molecule has 0 bridgehead atoms. The summed E-state index contributed by atoms with van der Waals surface area (Å²) < 4.78 is 14.1. The third-order valence-electron chi connectivity index (χ3n) is 5.08. The van der Waals surface area contributed by atoms with Crippen LogP contribution in [0.15, 0.2) is 48.9 Å². The number of hydrogen-bond acceptors (Lipinski definition) is 8. The quantitative estimate of drug-likeness (QED) is 0.327. The standard InChI is InChI=1S/C24H29N5O3S/c1-16(2)10-18(15-30)27-24-28-21-5-4-19(12-23(21)33-24)32-20-6-7-25-22(11-20)17-13-26-29(14-17)8-9-31-3/h4-7,11-14,16,18,30H,8-10,15H2,1-3H3,(H,27,28). The van der Waals surface area contributed by atoms with Gasteiger partial charge in [0.05, 0.1) is 47.9 Å². The number of thiazole rings is 1. The third kappa shape index (κ3) is 6.07. The maximum atomic E-state index is 9.64. The maximum Gasteiger partial charge on any atom is 0.184 e. The van der Waals surface area contributed by atoms with Crippen molar-refractivity contribution in [1.82, 2.24) is 19.7 Å². The van der Waals surface area contributed by atoms with Crippen molar-refractivity contribution in [3.8, 4) is 22.8 Å². The Morgan fingerprint density at radius 3 is 2.82 bits per heavy atom. The van der Waals surface area contributed by atoms with Crippen LogP contribution < -0.4 is 10.1 Å². The summed E-state index contributed by atoms with van der Waals surface area (Å²) in [5, 5.41) is 18.1. The van der Waals surface area contributed by atoms with Gasteiger partial charge in [-0.1, -0.05) is 25.2 Å². The number of aromatic nitrogens is 4. The zero-order valence-corrected chi connectivity index (χ0v) is 19.9. The number of anilines is 1. The van der Waals surface area contributed by atoms with Crippen molar-refractivity contribution in [2.24, 2.45) is 5.92 Å². The van der Waals surface area contributed by atoms with E-state index in [0.717, 1.165) is 38.8 Å². The first kappa shape index (κ1) is 23.2. The molecule has 3 aromatic heterocycles. The van der Waals surface area contributed by atoms with E-state index in [-0.39, 0.29) is 12.6 Å². The van der Waals surface area contributed by atoms with Crippen molar-refractivity contribution < 1.29 is 14.6 Å². The molecule has 0 aliphatic heterocycles. The van der Waals surface area contributed by atoms with Crippen molar-refractivity contribution in [3.63, 3.8) is 0 Å². The molecule has 2 N–H and O–H groups in total. The molecule has 0 saturated carbocycles. The smallest absolute Gasteiger partial charge is 0.184 e. The number of aliphatic hydroxyl groups excluding tert-OH is 1. The molecular weight excluding hydrogens is 438 g/mol. The molecule has 1 atom stereocenters. The van der Waals surface area contributed by atoms with E-state index in [4.69, 9.17) is 9.47 Å². The molecule has 0 aliphatic rings.